The minimum absolute atomic E-state index is 0.0496. The van der Waals surface area contributed by atoms with Crippen molar-refractivity contribution in [2.24, 2.45) is 5.14 Å². The molecule has 1 amide bonds. The molecule has 0 fully saturated rings. The Morgan fingerprint density at radius 1 is 1.00 bits per heavy atom. The van der Waals surface area contributed by atoms with Crippen molar-refractivity contribution in [2.45, 2.75) is 11.4 Å². The van der Waals surface area contributed by atoms with Gasteiger partial charge in [-0.2, -0.15) is 0 Å². The number of benzene rings is 3. The number of carbonyl (C=O) groups is 1. The number of carbonyl (C=O) groups excluding carboxylic acids is 1. The van der Waals surface area contributed by atoms with Crippen LogP contribution in [0, 0.1) is 0 Å². The molecule has 0 radical (unpaired) electrons. The van der Waals surface area contributed by atoms with Crippen molar-refractivity contribution in [1.29, 1.82) is 0 Å². The van der Waals surface area contributed by atoms with E-state index in [9.17, 15) is 13.2 Å². The SMILES string of the molecule is CN(CC(=O)NCc1ccc(S(N)(=O)=O)cc1)c1ccc2ccccc2c1. The summed E-state index contributed by atoms with van der Waals surface area (Å²) in [5.41, 5.74) is 1.76. The molecule has 0 saturated carbocycles. The second-order valence-electron chi connectivity index (χ2n) is 6.35. The lowest BCUT2D eigenvalue weighted by molar-refractivity contribution is -0.119. The van der Waals surface area contributed by atoms with Gasteiger partial charge in [-0.3, -0.25) is 4.79 Å². The summed E-state index contributed by atoms with van der Waals surface area (Å²) < 4.78 is 22.5. The van der Waals surface area contributed by atoms with Gasteiger partial charge in [-0.25, -0.2) is 13.6 Å². The minimum Gasteiger partial charge on any atom is -0.365 e. The van der Waals surface area contributed by atoms with Gasteiger partial charge < -0.3 is 10.2 Å². The standard InChI is InChI=1S/C20H21N3O3S/c1-23(18-9-8-16-4-2-3-5-17(16)12-18)14-20(24)22-13-15-6-10-19(11-7-15)27(21,25)26/h2-12H,13-14H2,1H3,(H,22,24)(H2,21,25,26). The first-order valence-electron chi connectivity index (χ1n) is 8.41. The summed E-state index contributed by atoms with van der Waals surface area (Å²) in [7, 11) is -1.84. The highest BCUT2D eigenvalue weighted by molar-refractivity contribution is 7.89. The fraction of sp³-hybridized carbons (Fsp3) is 0.150. The maximum atomic E-state index is 12.2. The Labute approximate surface area is 158 Å². The monoisotopic (exact) mass is 383 g/mol. The largest absolute Gasteiger partial charge is 0.365 e. The fourth-order valence-electron chi connectivity index (χ4n) is 2.77. The third-order valence-electron chi connectivity index (χ3n) is 4.30. The Morgan fingerprint density at radius 2 is 1.67 bits per heavy atom. The summed E-state index contributed by atoms with van der Waals surface area (Å²) in [6.07, 6.45) is 0. The number of nitrogens with zero attached hydrogens (tertiary/aromatic N) is 1. The molecule has 7 heteroatoms. The third-order valence-corrected chi connectivity index (χ3v) is 5.23. The quantitative estimate of drug-likeness (QED) is 0.683. The van der Waals surface area contributed by atoms with E-state index in [2.05, 4.69) is 11.4 Å². The number of rotatable bonds is 6. The molecule has 0 aromatic heterocycles. The summed E-state index contributed by atoms with van der Waals surface area (Å²) in [4.78, 5) is 14.2. The van der Waals surface area contributed by atoms with Crippen molar-refractivity contribution < 1.29 is 13.2 Å². The maximum absolute atomic E-state index is 12.2. The smallest absolute Gasteiger partial charge is 0.239 e. The molecule has 0 aliphatic carbocycles. The molecule has 0 heterocycles. The average Bonchev–Trinajstić information content (AvgIpc) is 2.65. The van der Waals surface area contributed by atoms with Crippen LogP contribution in [0.15, 0.2) is 71.6 Å². The van der Waals surface area contributed by atoms with Crippen molar-refractivity contribution in [2.75, 3.05) is 18.5 Å². The lowest BCUT2D eigenvalue weighted by Gasteiger charge is -2.19. The van der Waals surface area contributed by atoms with Gasteiger partial charge in [0.2, 0.25) is 15.9 Å². The van der Waals surface area contributed by atoms with Crippen LogP contribution >= 0.6 is 0 Å². The zero-order chi connectivity index (χ0) is 19.4. The van der Waals surface area contributed by atoms with Crippen LogP contribution < -0.4 is 15.4 Å². The Bertz CT molecular complexity index is 1060. The normalized spacial score (nSPS) is 11.3. The molecule has 140 valence electrons. The number of amides is 1. The Hall–Kier alpha value is -2.90. The Balaban J connectivity index is 1.58. The molecule has 3 rings (SSSR count). The first-order valence-corrected chi connectivity index (χ1v) is 9.96. The van der Waals surface area contributed by atoms with Crippen LogP contribution in [-0.2, 0) is 21.4 Å². The van der Waals surface area contributed by atoms with E-state index in [1.807, 2.05) is 48.3 Å². The summed E-state index contributed by atoms with van der Waals surface area (Å²) in [6.45, 7) is 0.531. The molecule has 0 spiro atoms. The molecule has 3 aromatic rings. The van der Waals surface area contributed by atoms with Crippen molar-refractivity contribution >= 4 is 32.4 Å². The summed E-state index contributed by atoms with van der Waals surface area (Å²) in [5.74, 6) is -0.124. The Morgan fingerprint density at radius 3 is 2.33 bits per heavy atom. The predicted octanol–water partition coefficient (Wildman–Crippen LogP) is 2.24. The van der Waals surface area contributed by atoms with E-state index in [0.717, 1.165) is 22.0 Å². The average molecular weight is 383 g/mol. The van der Waals surface area contributed by atoms with Crippen LogP contribution in [0.5, 0.6) is 0 Å². The van der Waals surface area contributed by atoms with E-state index >= 15 is 0 Å². The van der Waals surface area contributed by atoms with Gasteiger partial charge in [0.25, 0.3) is 0 Å². The molecule has 0 bridgehead atoms. The molecular formula is C20H21N3O3S. The van der Waals surface area contributed by atoms with Gasteiger partial charge in [0.1, 0.15) is 0 Å². The first-order chi connectivity index (χ1) is 12.8. The molecule has 0 aliphatic heterocycles. The molecule has 0 unspecified atom stereocenters. The summed E-state index contributed by atoms with van der Waals surface area (Å²) in [6, 6.07) is 20.3. The molecule has 3 aromatic carbocycles. The van der Waals surface area contributed by atoms with Gasteiger partial charge in [-0.15, -0.1) is 0 Å². The van der Waals surface area contributed by atoms with Crippen LogP contribution in [0.1, 0.15) is 5.56 Å². The number of hydrogen-bond acceptors (Lipinski definition) is 4. The second kappa shape index (κ2) is 7.77. The Kier molecular flexibility index (Phi) is 5.43. The predicted molar refractivity (Wildman–Crippen MR) is 107 cm³/mol. The van der Waals surface area contributed by atoms with Crippen LogP contribution in [0.25, 0.3) is 10.8 Å². The second-order valence-corrected chi connectivity index (χ2v) is 7.91. The number of anilines is 1. The number of nitrogens with one attached hydrogen (secondary N) is 1. The van der Waals surface area contributed by atoms with Gasteiger partial charge in [-0.05, 0) is 40.6 Å². The van der Waals surface area contributed by atoms with Crippen LogP contribution in [0.3, 0.4) is 0 Å². The van der Waals surface area contributed by atoms with Crippen LogP contribution in [-0.4, -0.2) is 27.9 Å². The van der Waals surface area contributed by atoms with E-state index < -0.39 is 10.0 Å². The molecule has 6 nitrogen and oxygen atoms in total. The van der Waals surface area contributed by atoms with E-state index in [0.29, 0.717) is 6.54 Å². The van der Waals surface area contributed by atoms with Crippen molar-refractivity contribution in [3.05, 3.63) is 72.3 Å². The zero-order valence-corrected chi connectivity index (χ0v) is 15.7. The molecule has 3 N–H and O–H groups in total. The van der Waals surface area contributed by atoms with Crippen molar-refractivity contribution in [3.63, 3.8) is 0 Å². The zero-order valence-electron chi connectivity index (χ0n) is 14.9. The topological polar surface area (TPSA) is 92.5 Å². The van der Waals surface area contributed by atoms with Gasteiger partial charge in [0.15, 0.2) is 0 Å². The summed E-state index contributed by atoms with van der Waals surface area (Å²) in [5, 5.41) is 10.2. The number of likely N-dealkylation sites (N-methyl/N-ethyl adjacent to an activating group) is 1. The summed E-state index contributed by atoms with van der Waals surface area (Å²) >= 11 is 0. The van der Waals surface area contributed by atoms with Gasteiger partial charge >= 0.3 is 0 Å². The molecule has 27 heavy (non-hydrogen) atoms. The number of nitrogens with two attached hydrogens (primary N) is 1. The van der Waals surface area contributed by atoms with E-state index in [1.165, 1.54) is 12.1 Å². The highest BCUT2D eigenvalue weighted by atomic mass is 32.2. The number of fused-ring (bicyclic) bond motifs is 1. The lowest BCUT2D eigenvalue weighted by atomic mass is 10.1. The van der Waals surface area contributed by atoms with E-state index in [1.54, 1.807) is 12.1 Å². The number of hydrogen-bond donors (Lipinski definition) is 2. The van der Waals surface area contributed by atoms with Crippen molar-refractivity contribution in [1.82, 2.24) is 5.32 Å². The van der Waals surface area contributed by atoms with Crippen molar-refractivity contribution in [3.8, 4) is 0 Å². The number of primary sulfonamides is 1. The van der Waals surface area contributed by atoms with E-state index in [4.69, 9.17) is 5.14 Å². The lowest BCUT2D eigenvalue weighted by Crippen LogP contribution is -2.34. The van der Waals surface area contributed by atoms with Gasteiger partial charge in [0.05, 0.1) is 11.4 Å². The first kappa shape index (κ1) is 18.9. The van der Waals surface area contributed by atoms with Gasteiger partial charge in [0, 0.05) is 19.3 Å². The van der Waals surface area contributed by atoms with Crippen LogP contribution in [0.2, 0.25) is 0 Å². The third kappa shape index (κ3) is 4.84. The molecule has 0 atom stereocenters. The maximum Gasteiger partial charge on any atom is 0.239 e. The minimum atomic E-state index is -3.71. The number of sulfonamides is 1. The fourth-order valence-corrected chi connectivity index (χ4v) is 3.29. The highest BCUT2D eigenvalue weighted by Crippen LogP contribution is 2.21. The van der Waals surface area contributed by atoms with Gasteiger partial charge in [-0.1, -0.05) is 42.5 Å². The molecular weight excluding hydrogens is 362 g/mol. The van der Waals surface area contributed by atoms with Crippen LogP contribution in [0.4, 0.5) is 5.69 Å². The molecule has 0 aliphatic rings. The molecule has 0 saturated heterocycles. The highest BCUT2D eigenvalue weighted by Gasteiger charge is 2.09. The van der Waals surface area contributed by atoms with E-state index in [-0.39, 0.29) is 17.3 Å².